The van der Waals surface area contributed by atoms with Crippen molar-refractivity contribution < 1.29 is 14.0 Å². The van der Waals surface area contributed by atoms with Gasteiger partial charge in [-0.05, 0) is 73.2 Å². The Morgan fingerprint density at radius 2 is 1.63 bits per heavy atom. The first-order chi connectivity index (χ1) is 18.5. The summed E-state index contributed by atoms with van der Waals surface area (Å²) in [6.45, 7) is 4.80. The fourth-order valence-corrected chi connectivity index (χ4v) is 4.55. The maximum atomic E-state index is 12.7. The molecule has 0 bridgehead atoms. The number of hydrogen-bond acceptors (Lipinski definition) is 4. The molecule has 1 N–H and O–H groups in total. The third-order valence-electron chi connectivity index (χ3n) is 6.57. The molecule has 0 atom stereocenters. The van der Waals surface area contributed by atoms with Gasteiger partial charge in [-0.2, -0.15) is 0 Å². The van der Waals surface area contributed by atoms with Crippen molar-refractivity contribution in [3.8, 4) is 11.3 Å². The van der Waals surface area contributed by atoms with Crippen LogP contribution >= 0.6 is 11.6 Å². The number of rotatable bonds is 6. The monoisotopic (exact) mass is 525 g/mol. The van der Waals surface area contributed by atoms with Gasteiger partial charge in [-0.3, -0.25) is 9.59 Å². The summed E-state index contributed by atoms with van der Waals surface area (Å²) in [6.07, 6.45) is 3.08. The minimum Gasteiger partial charge on any atom is -0.457 e. The number of halogens is 1. The Bertz CT molecular complexity index is 1450. The quantitative estimate of drug-likeness (QED) is 0.291. The van der Waals surface area contributed by atoms with Crippen LogP contribution < -0.4 is 10.2 Å². The standard InChI is InChI=1S/C31H28ClN3O3/c1-22-7-8-24(21-28(22)32)29-15-13-27(38-29)14-16-30(36)33-25-9-11-26(12-10-25)34-17-19-35(20-18-34)31(37)23-5-3-2-4-6-23/h2-16,21H,17-20H2,1H3,(H,33,36). The molecule has 1 saturated heterocycles. The average Bonchev–Trinajstić information content (AvgIpc) is 3.43. The predicted octanol–water partition coefficient (Wildman–Crippen LogP) is 6.52. The number of benzene rings is 3. The molecule has 6 nitrogen and oxygen atoms in total. The Kier molecular flexibility index (Phi) is 7.61. The molecule has 2 amide bonds. The van der Waals surface area contributed by atoms with E-state index in [-0.39, 0.29) is 11.8 Å². The van der Waals surface area contributed by atoms with Crippen LogP contribution in [0.25, 0.3) is 17.4 Å². The molecule has 38 heavy (non-hydrogen) atoms. The molecule has 5 rings (SSSR count). The molecule has 7 heteroatoms. The van der Waals surface area contributed by atoms with Crippen molar-refractivity contribution >= 4 is 40.9 Å². The van der Waals surface area contributed by atoms with Crippen LogP contribution in [0, 0.1) is 6.92 Å². The first-order valence-electron chi connectivity index (χ1n) is 12.5. The van der Waals surface area contributed by atoms with Crippen LogP contribution in [-0.2, 0) is 4.79 Å². The van der Waals surface area contributed by atoms with Gasteiger partial charge in [0, 0.05) is 59.8 Å². The summed E-state index contributed by atoms with van der Waals surface area (Å²) in [5, 5.41) is 3.56. The van der Waals surface area contributed by atoms with Crippen molar-refractivity contribution in [3.63, 3.8) is 0 Å². The Balaban J connectivity index is 1.13. The number of carbonyl (C=O) groups excluding carboxylic acids is 2. The number of nitrogens with zero attached hydrogens (tertiary/aromatic N) is 2. The second-order valence-corrected chi connectivity index (χ2v) is 9.59. The molecule has 0 aliphatic carbocycles. The highest BCUT2D eigenvalue weighted by Gasteiger charge is 2.22. The van der Waals surface area contributed by atoms with Gasteiger partial charge in [0.25, 0.3) is 5.91 Å². The Labute approximate surface area is 227 Å². The lowest BCUT2D eigenvalue weighted by atomic mass is 10.1. The van der Waals surface area contributed by atoms with Crippen LogP contribution in [0.15, 0.2) is 95.4 Å². The Morgan fingerprint density at radius 3 is 2.34 bits per heavy atom. The number of anilines is 2. The van der Waals surface area contributed by atoms with Crippen molar-refractivity contribution in [2.45, 2.75) is 6.92 Å². The lowest BCUT2D eigenvalue weighted by Crippen LogP contribution is -2.48. The zero-order valence-corrected chi connectivity index (χ0v) is 21.8. The van der Waals surface area contributed by atoms with Crippen molar-refractivity contribution in [3.05, 3.63) is 113 Å². The zero-order chi connectivity index (χ0) is 26.5. The van der Waals surface area contributed by atoms with Crippen LogP contribution in [-0.4, -0.2) is 42.9 Å². The lowest BCUT2D eigenvalue weighted by molar-refractivity contribution is -0.111. The second-order valence-electron chi connectivity index (χ2n) is 9.18. The van der Waals surface area contributed by atoms with Crippen molar-refractivity contribution in [1.82, 2.24) is 4.90 Å². The van der Waals surface area contributed by atoms with Crippen molar-refractivity contribution in [1.29, 1.82) is 0 Å². The first-order valence-corrected chi connectivity index (χ1v) is 12.9. The number of furan rings is 1. The van der Waals surface area contributed by atoms with E-state index in [9.17, 15) is 9.59 Å². The van der Waals surface area contributed by atoms with Gasteiger partial charge in [-0.15, -0.1) is 0 Å². The van der Waals surface area contributed by atoms with Gasteiger partial charge < -0.3 is 19.5 Å². The average molecular weight is 526 g/mol. The molecule has 0 radical (unpaired) electrons. The number of amides is 2. The third kappa shape index (κ3) is 5.98. The molecule has 4 aromatic rings. The fourth-order valence-electron chi connectivity index (χ4n) is 4.37. The summed E-state index contributed by atoms with van der Waals surface area (Å²) in [4.78, 5) is 29.3. The van der Waals surface area contributed by atoms with E-state index >= 15 is 0 Å². The smallest absolute Gasteiger partial charge is 0.253 e. The summed E-state index contributed by atoms with van der Waals surface area (Å²) < 4.78 is 5.84. The van der Waals surface area contributed by atoms with Crippen LogP contribution in [0.4, 0.5) is 11.4 Å². The zero-order valence-electron chi connectivity index (χ0n) is 21.1. The van der Waals surface area contributed by atoms with Gasteiger partial charge in [0.15, 0.2) is 0 Å². The number of carbonyl (C=O) groups is 2. The maximum absolute atomic E-state index is 12.7. The van der Waals surface area contributed by atoms with Crippen molar-refractivity contribution in [2.24, 2.45) is 0 Å². The normalized spacial score (nSPS) is 13.6. The summed E-state index contributed by atoms with van der Waals surface area (Å²) in [5.74, 6) is 1.09. The summed E-state index contributed by atoms with van der Waals surface area (Å²) >= 11 is 6.22. The molecule has 0 spiro atoms. The van der Waals surface area contributed by atoms with E-state index in [1.165, 1.54) is 6.08 Å². The molecule has 3 aromatic carbocycles. The molecule has 0 saturated carbocycles. The largest absolute Gasteiger partial charge is 0.457 e. The van der Waals surface area contributed by atoms with Gasteiger partial charge in [0.2, 0.25) is 5.91 Å². The van der Waals surface area contributed by atoms with E-state index in [0.717, 1.165) is 35.5 Å². The highest BCUT2D eigenvalue weighted by Crippen LogP contribution is 2.27. The highest BCUT2D eigenvalue weighted by molar-refractivity contribution is 6.31. The molecular formula is C31H28ClN3O3. The fraction of sp³-hybridized carbons (Fsp3) is 0.161. The summed E-state index contributed by atoms with van der Waals surface area (Å²) in [7, 11) is 0. The van der Waals surface area contributed by atoms with Gasteiger partial charge in [0.1, 0.15) is 11.5 Å². The number of aryl methyl sites for hydroxylation is 1. The third-order valence-corrected chi connectivity index (χ3v) is 6.98. The number of piperazine rings is 1. The van der Waals surface area contributed by atoms with Gasteiger partial charge in [-0.1, -0.05) is 41.9 Å². The van der Waals surface area contributed by atoms with Crippen LogP contribution in [0.2, 0.25) is 5.02 Å². The van der Waals surface area contributed by atoms with E-state index in [1.54, 1.807) is 6.08 Å². The molecule has 0 unspecified atom stereocenters. The number of hydrogen-bond donors (Lipinski definition) is 1. The van der Waals surface area contributed by atoms with Crippen LogP contribution in [0.1, 0.15) is 21.7 Å². The molecule has 2 heterocycles. The highest BCUT2D eigenvalue weighted by atomic mass is 35.5. The van der Waals surface area contributed by atoms with E-state index < -0.39 is 0 Å². The maximum Gasteiger partial charge on any atom is 0.253 e. The van der Waals surface area contributed by atoms with E-state index in [4.69, 9.17) is 16.0 Å². The SMILES string of the molecule is Cc1ccc(-c2ccc(C=CC(=O)Nc3ccc(N4CCN(C(=O)c5ccccc5)CC4)cc3)o2)cc1Cl. The minimum atomic E-state index is -0.248. The molecule has 1 fully saturated rings. The summed E-state index contributed by atoms with van der Waals surface area (Å²) in [5.41, 5.74) is 4.37. The van der Waals surface area contributed by atoms with Crippen LogP contribution in [0.3, 0.4) is 0 Å². The van der Waals surface area contributed by atoms with E-state index in [0.29, 0.717) is 35.3 Å². The predicted molar refractivity (Wildman–Crippen MR) is 153 cm³/mol. The Morgan fingerprint density at radius 1 is 0.895 bits per heavy atom. The summed E-state index contributed by atoms with van der Waals surface area (Å²) in [6, 6.07) is 26.6. The molecule has 1 aromatic heterocycles. The van der Waals surface area contributed by atoms with Gasteiger partial charge >= 0.3 is 0 Å². The first kappa shape index (κ1) is 25.4. The molecule has 1 aliphatic rings. The minimum absolute atomic E-state index is 0.0710. The van der Waals surface area contributed by atoms with E-state index in [1.807, 2.05) is 96.8 Å². The topological polar surface area (TPSA) is 65.8 Å². The molecular weight excluding hydrogens is 498 g/mol. The van der Waals surface area contributed by atoms with Crippen LogP contribution in [0.5, 0.6) is 0 Å². The van der Waals surface area contributed by atoms with Gasteiger partial charge in [0.05, 0.1) is 0 Å². The molecule has 1 aliphatic heterocycles. The van der Waals surface area contributed by atoms with E-state index in [2.05, 4.69) is 10.2 Å². The Hall–Kier alpha value is -4.29. The van der Waals surface area contributed by atoms with Crippen molar-refractivity contribution in [2.75, 3.05) is 36.4 Å². The van der Waals surface area contributed by atoms with Gasteiger partial charge in [-0.25, -0.2) is 0 Å². The lowest BCUT2D eigenvalue weighted by Gasteiger charge is -2.36. The molecule has 192 valence electrons. The second kappa shape index (κ2) is 11.4. The number of nitrogens with one attached hydrogen (secondary N) is 1.